The number of nitrogens with one attached hydrogen (secondary N) is 2. The van der Waals surface area contributed by atoms with Crippen LogP contribution < -0.4 is 16.4 Å². The smallest absolute Gasteiger partial charge is 0.269 e. The summed E-state index contributed by atoms with van der Waals surface area (Å²) < 4.78 is 14.5. The maximum Gasteiger partial charge on any atom is 0.269 e. The predicted octanol–water partition coefficient (Wildman–Crippen LogP) is 2.83. The van der Waals surface area contributed by atoms with Crippen molar-refractivity contribution in [1.82, 2.24) is 20.4 Å². The lowest BCUT2D eigenvalue weighted by Gasteiger charge is -2.11. The summed E-state index contributed by atoms with van der Waals surface area (Å²) in [5.41, 5.74) is 5.80. The Kier molecular flexibility index (Phi) is 6.19. The molecule has 4 rings (SSSR count). The number of amides is 2. The van der Waals surface area contributed by atoms with Gasteiger partial charge in [-0.05, 0) is 49.1 Å². The summed E-state index contributed by atoms with van der Waals surface area (Å²) in [6, 6.07) is 4.95. The van der Waals surface area contributed by atoms with Crippen LogP contribution in [0.1, 0.15) is 27.2 Å². The SMILES string of the molecule is C=CCn1c(SCC(=O)NNC(=O)c2ccc(F)cc2)nc2sc3c(c2c1=O)CCC3. The van der Waals surface area contributed by atoms with E-state index in [2.05, 4.69) is 22.4 Å². The van der Waals surface area contributed by atoms with Crippen molar-refractivity contribution in [1.29, 1.82) is 0 Å². The number of fused-ring (bicyclic) bond motifs is 3. The van der Waals surface area contributed by atoms with Crippen LogP contribution in [0.25, 0.3) is 10.2 Å². The number of hydrogen-bond donors (Lipinski definition) is 2. The van der Waals surface area contributed by atoms with Crippen molar-refractivity contribution in [3.05, 3.63) is 69.1 Å². The van der Waals surface area contributed by atoms with Gasteiger partial charge in [0.2, 0.25) is 5.91 Å². The normalized spacial score (nSPS) is 12.5. The molecule has 0 atom stereocenters. The van der Waals surface area contributed by atoms with Crippen molar-refractivity contribution < 1.29 is 14.0 Å². The number of hydrazine groups is 1. The van der Waals surface area contributed by atoms with Crippen LogP contribution >= 0.6 is 23.1 Å². The second kappa shape index (κ2) is 9.03. The van der Waals surface area contributed by atoms with Gasteiger partial charge in [0.25, 0.3) is 11.5 Å². The minimum Gasteiger partial charge on any atom is -0.283 e. The molecule has 2 heterocycles. The minimum atomic E-state index is -0.561. The number of aromatic nitrogens is 2. The highest BCUT2D eigenvalue weighted by atomic mass is 32.2. The van der Waals surface area contributed by atoms with Crippen molar-refractivity contribution >= 4 is 45.1 Å². The lowest BCUT2D eigenvalue weighted by Crippen LogP contribution is -2.42. The van der Waals surface area contributed by atoms with E-state index in [1.807, 2.05) is 0 Å². The zero-order valence-corrected chi connectivity index (χ0v) is 18.1. The maximum absolute atomic E-state index is 13.1. The summed E-state index contributed by atoms with van der Waals surface area (Å²) in [7, 11) is 0. The molecule has 1 aliphatic rings. The van der Waals surface area contributed by atoms with Gasteiger partial charge >= 0.3 is 0 Å². The number of benzene rings is 1. The first-order chi connectivity index (χ1) is 15.0. The number of aryl methyl sites for hydroxylation is 2. The second-order valence-electron chi connectivity index (χ2n) is 6.93. The van der Waals surface area contributed by atoms with Crippen molar-refractivity contribution in [2.75, 3.05) is 5.75 Å². The van der Waals surface area contributed by atoms with Gasteiger partial charge < -0.3 is 0 Å². The Morgan fingerprint density at radius 2 is 2.03 bits per heavy atom. The first-order valence-corrected chi connectivity index (χ1v) is 11.4. The molecule has 3 aromatic rings. The molecule has 160 valence electrons. The summed E-state index contributed by atoms with van der Waals surface area (Å²) in [4.78, 5) is 43.8. The topological polar surface area (TPSA) is 93.1 Å². The lowest BCUT2D eigenvalue weighted by molar-refractivity contribution is -0.119. The van der Waals surface area contributed by atoms with E-state index in [9.17, 15) is 18.8 Å². The minimum absolute atomic E-state index is 0.0517. The predicted molar refractivity (Wildman–Crippen MR) is 119 cm³/mol. The first kappa shape index (κ1) is 21.3. The van der Waals surface area contributed by atoms with Gasteiger partial charge in [-0.1, -0.05) is 17.8 Å². The van der Waals surface area contributed by atoms with Crippen molar-refractivity contribution in [2.24, 2.45) is 0 Å². The zero-order chi connectivity index (χ0) is 22.0. The molecule has 0 bridgehead atoms. The third-order valence-electron chi connectivity index (χ3n) is 4.86. The molecule has 0 radical (unpaired) electrons. The zero-order valence-electron chi connectivity index (χ0n) is 16.4. The molecule has 0 aliphatic heterocycles. The fourth-order valence-corrected chi connectivity index (χ4v) is 5.54. The van der Waals surface area contributed by atoms with E-state index in [-0.39, 0.29) is 23.4 Å². The molecule has 7 nitrogen and oxygen atoms in total. The average Bonchev–Trinajstić information content (AvgIpc) is 3.34. The number of carbonyl (C=O) groups excluding carboxylic acids is 2. The van der Waals surface area contributed by atoms with Gasteiger partial charge in [-0.25, -0.2) is 9.37 Å². The summed E-state index contributed by atoms with van der Waals surface area (Å²) >= 11 is 2.65. The quantitative estimate of drug-likeness (QED) is 0.256. The summed E-state index contributed by atoms with van der Waals surface area (Å²) in [6.45, 7) is 4.00. The van der Waals surface area contributed by atoms with E-state index in [4.69, 9.17) is 0 Å². The molecule has 0 fully saturated rings. The second-order valence-corrected chi connectivity index (χ2v) is 8.96. The third kappa shape index (κ3) is 4.40. The first-order valence-electron chi connectivity index (χ1n) is 9.61. The van der Waals surface area contributed by atoms with Crippen LogP contribution in [0.15, 0.2) is 46.9 Å². The number of halogens is 1. The molecule has 0 saturated carbocycles. The van der Waals surface area contributed by atoms with E-state index in [1.165, 1.54) is 21.6 Å². The molecular formula is C21H19FN4O3S2. The fraction of sp³-hybridized carbons (Fsp3) is 0.238. The van der Waals surface area contributed by atoms with Gasteiger partial charge in [0.1, 0.15) is 10.6 Å². The summed E-state index contributed by atoms with van der Waals surface area (Å²) in [5, 5.41) is 1.11. The van der Waals surface area contributed by atoms with Crippen molar-refractivity contribution in [3.8, 4) is 0 Å². The Balaban J connectivity index is 1.45. The van der Waals surface area contributed by atoms with Gasteiger partial charge in [-0.3, -0.25) is 29.8 Å². The number of rotatable bonds is 6. The Hall–Kier alpha value is -2.98. The summed E-state index contributed by atoms with van der Waals surface area (Å²) in [5.74, 6) is -1.53. The number of carbonyl (C=O) groups is 2. The molecule has 10 heteroatoms. The molecule has 2 aromatic heterocycles. The van der Waals surface area contributed by atoms with Crippen LogP contribution in [-0.4, -0.2) is 27.1 Å². The van der Waals surface area contributed by atoms with Gasteiger partial charge in [0.15, 0.2) is 5.16 Å². The Morgan fingerprint density at radius 3 is 2.77 bits per heavy atom. The number of nitrogens with zero attached hydrogens (tertiary/aromatic N) is 2. The van der Waals surface area contributed by atoms with E-state index >= 15 is 0 Å². The third-order valence-corrected chi connectivity index (χ3v) is 7.02. The molecule has 0 saturated heterocycles. The van der Waals surface area contributed by atoms with Gasteiger partial charge in [0.05, 0.1) is 11.1 Å². The Bertz CT molecular complexity index is 1230. The van der Waals surface area contributed by atoms with Gasteiger partial charge in [-0.2, -0.15) is 0 Å². The molecule has 0 spiro atoms. The van der Waals surface area contributed by atoms with Gasteiger partial charge in [-0.15, -0.1) is 17.9 Å². The molecular weight excluding hydrogens is 439 g/mol. The average molecular weight is 459 g/mol. The van der Waals surface area contributed by atoms with E-state index < -0.39 is 17.6 Å². The molecule has 31 heavy (non-hydrogen) atoms. The highest BCUT2D eigenvalue weighted by Gasteiger charge is 2.23. The van der Waals surface area contributed by atoms with Crippen LogP contribution in [0.5, 0.6) is 0 Å². The van der Waals surface area contributed by atoms with Gasteiger partial charge in [0, 0.05) is 17.0 Å². The van der Waals surface area contributed by atoms with Crippen LogP contribution in [0.3, 0.4) is 0 Å². The molecule has 2 N–H and O–H groups in total. The largest absolute Gasteiger partial charge is 0.283 e. The number of hydrogen-bond acceptors (Lipinski definition) is 6. The number of thiophene rings is 1. The lowest BCUT2D eigenvalue weighted by atomic mass is 10.2. The number of thioether (sulfide) groups is 1. The van der Waals surface area contributed by atoms with Crippen LogP contribution in [0.2, 0.25) is 0 Å². The molecule has 2 amide bonds. The van der Waals surface area contributed by atoms with E-state index in [1.54, 1.807) is 17.4 Å². The van der Waals surface area contributed by atoms with Crippen molar-refractivity contribution in [3.63, 3.8) is 0 Å². The number of allylic oxidation sites excluding steroid dienone is 1. The highest BCUT2D eigenvalue weighted by molar-refractivity contribution is 7.99. The standard InChI is InChI=1S/C21H19FN4O3S2/c1-2-10-26-20(29)17-14-4-3-5-15(14)31-19(17)23-21(26)30-11-16(27)24-25-18(28)12-6-8-13(22)9-7-12/h2,6-9H,1,3-5,10-11H2,(H,24,27)(H,25,28). The Morgan fingerprint density at radius 1 is 1.26 bits per heavy atom. The summed E-state index contributed by atoms with van der Waals surface area (Å²) in [6.07, 6.45) is 4.53. The Labute approximate surface area is 185 Å². The van der Waals surface area contributed by atoms with E-state index in [0.29, 0.717) is 15.4 Å². The monoisotopic (exact) mass is 458 g/mol. The maximum atomic E-state index is 13.1. The van der Waals surface area contributed by atoms with Crippen molar-refractivity contribution in [2.45, 2.75) is 31.0 Å². The molecule has 1 aliphatic carbocycles. The van der Waals surface area contributed by atoms with Crippen LogP contribution in [-0.2, 0) is 24.2 Å². The van der Waals surface area contributed by atoms with Crippen LogP contribution in [0.4, 0.5) is 4.39 Å². The van der Waals surface area contributed by atoms with Crippen LogP contribution in [0, 0.1) is 5.82 Å². The molecule has 0 unspecified atom stereocenters. The van der Waals surface area contributed by atoms with E-state index in [0.717, 1.165) is 48.7 Å². The molecule has 1 aromatic carbocycles. The fourth-order valence-electron chi connectivity index (χ4n) is 3.42. The highest BCUT2D eigenvalue weighted by Crippen LogP contribution is 2.35.